The highest BCUT2D eigenvalue weighted by atomic mass is 32.2. The van der Waals surface area contributed by atoms with Gasteiger partial charge in [-0.2, -0.15) is 0 Å². The summed E-state index contributed by atoms with van der Waals surface area (Å²) < 4.78 is 6.56. The van der Waals surface area contributed by atoms with Crippen LogP contribution >= 0.6 is 20.0 Å². The molecule has 7 heteroatoms. The average Bonchev–Trinajstić information content (AvgIpc) is 2.95. The highest BCUT2D eigenvalue weighted by Gasteiger charge is 2.35. The SMILES string of the molecule is CP=C1C(CC2=CCC=C(NCC3(C)CCc4c(C)c(O)c(C)c(C)c4O3)C=C2)SC(=O)N1C. The monoisotopic (exact) mass is 498 g/mol. The molecule has 2 atom stereocenters. The van der Waals surface area contributed by atoms with Gasteiger partial charge in [0.2, 0.25) is 0 Å². The van der Waals surface area contributed by atoms with Crippen LogP contribution in [0.2, 0.25) is 0 Å². The molecule has 1 aliphatic carbocycles. The van der Waals surface area contributed by atoms with E-state index >= 15 is 0 Å². The number of carbonyl (C=O) groups excluding carboxylic acids is 1. The van der Waals surface area contributed by atoms with Crippen LogP contribution in [0.25, 0.3) is 0 Å². The van der Waals surface area contributed by atoms with E-state index < -0.39 is 0 Å². The molecule has 3 aliphatic rings. The summed E-state index contributed by atoms with van der Waals surface area (Å²) in [4.78, 5) is 13.9. The van der Waals surface area contributed by atoms with Crippen molar-refractivity contribution in [3.05, 3.63) is 57.8 Å². The Morgan fingerprint density at radius 2 is 2.00 bits per heavy atom. The zero-order chi connectivity index (χ0) is 24.6. The van der Waals surface area contributed by atoms with Crippen LogP contribution in [-0.4, -0.2) is 51.8 Å². The summed E-state index contributed by atoms with van der Waals surface area (Å²) in [6, 6.07) is 0. The van der Waals surface area contributed by atoms with Crippen LogP contribution in [0, 0.1) is 20.8 Å². The molecule has 2 unspecified atom stereocenters. The summed E-state index contributed by atoms with van der Waals surface area (Å²) in [7, 11) is 3.03. The number of benzene rings is 1. The minimum Gasteiger partial charge on any atom is -0.507 e. The Bertz CT molecular complexity index is 1140. The minimum absolute atomic E-state index is 0.145. The molecule has 2 aliphatic heterocycles. The highest BCUT2D eigenvalue weighted by Crippen LogP contribution is 2.43. The van der Waals surface area contributed by atoms with Crippen molar-refractivity contribution in [1.82, 2.24) is 10.2 Å². The molecule has 4 rings (SSSR count). The molecule has 0 bridgehead atoms. The molecular weight excluding hydrogens is 463 g/mol. The van der Waals surface area contributed by atoms with E-state index in [4.69, 9.17) is 4.74 Å². The third-order valence-electron chi connectivity index (χ3n) is 7.25. The molecule has 1 amide bonds. The number of fused-ring (bicyclic) bond motifs is 1. The summed E-state index contributed by atoms with van der Waals surface area (Å²) in [5.74, 6) is 1.34. The number of rotatable bonds is 5. The summed E-state index contributed by atoms with van der Waals surface area (Å²) in [6.45, 7) is 10.9. The summed E-state index contributed by atoms with van der Waals surface area (Å²) >= 11 is 1.44. The summed E-state index contributed by atoms with van der Waals surface area (Å²) in [6.07, 6.45) is 12.3. The number of nitrogens with one attached hydrogen (secondary N) is 1. The first-order valence-electron chi connectivity index (χ1n) is 11.9. The van der Waals surface area contributed by atoms with E-state index in [0.29, 0.717) is 12.3 Å². The predicted molar refractivity (Wildman–Crippen MR) is 145 cm³/mol. The van der Waals surface area contributed by atoms with Gasteiger partial charge in [0.15, 0.2) is 0 Å². The van der Waals surface area contributed by atoms with E-state index in [9.17, 15) is 9.90 Å². The van der Waals surface area contributed by atoms with Crippen molar-refractivity contribution in [3.63, 3.8) is 0 Å². The number of carbonyl (C=O) groups is 1. The lowest BCUT2D eigenvalue weighted by Crippen LogP contribution is -2.45. The molecule has 0 spiro atoms. The van der Waals surface area contributed by atoms with E-state index in [1.54, 1.807) is 4.90 Å². The predicted octanol–water partition coefficient (Wildman–Crippen LogP) is 6.02. The first-order valence-corrected chi connectivity index (χ1v) is 14.1. The quantitative estimate of drug-likeness (QED) is 0.486. The number of hydrogen-bond acceptors (Lipinski definition) is 5. The number of amides is 1. The van der Waals surface area contributed by atoms with Gasteiger partial charge in [0.25, 0.3) is 5.24 Å². The minimum atomic E-state index is -0.319. The molecule has 1 fully saturated rings. The van der Waals surface area contributed by atoms with Gasteiger partial charge in [0, 0.05) is 18.3 Å². The Hall–Kier alpha value is -2.17. The van der Waals surface area contributed by atoms with Gasteiger partial charge in [0.1, 0.15) is 17.1 Å². The maximum absolute atomic E-state index is 12.1. The van der Waals surface area contributed by atoms with E-state index in [-0.39, 0.29) is 16.1 Å². The Kier molecular flexibility index (Phi) is 7.21. The van der Waals surface area contributed by atoms with Crippen LogP contribution in [0.1, 0.15) is 48.4 Å². The molecule has 0 aromatic heterocycles. The van der Waals surface area contributed by atoms with Gasteiger partial charge < -0.3 is 20.1 Å². The smallest absolute Gasteiger partial charge is 0.286 e. The summed E-state index contributed by atoms with van der Waals surface area (Å²) in [5.41, 5.74) is 7.25. The van der Waals surface area contributed by atoms with Crippen LogP contribution in [0.3, 0.4) is 0 Å². The Morgan fingerprint density at radius 1 is 1.24 bits per heavy atom. The van der Waals surface area contributed by atoms with E-state index in [1.807, 2.05) is 27.8 Å². The maximum atomic E-state index is 12.1. The molecule has 0 saturated carbocycles. The van der Waals surface area contributed by atoms with Crippen molar-refractivity contribution in [2.45, 2.75) is 64.2 Å². The second-order valence-electron chi connectivity index (χ2n) is 9.66. The molecule has 34 heavy (non-hydrogen) atoms. The first kappa shape index (κ1) is 24.9. The van der Waals surface area contributed by atoms with Crippen LogP contribution in [0.5, 0.6) is 11.5 Å². The zero-order valence-electron chi connectivity index (χ0n) is 21.0. The van der Waals surface area contributed by atoms with Crippen LogP contribution < -0.4 is 10.1 Å². The maximum Gasteiger partial charge on any atom is 0.286 e. The van der Waals surface area contributed by atoms with Crippen molar-refractivity contribution in [3.8, 4) is 11.5 Å². The number of phenols is 1. The lowest BCUT2D eigenvalue weighted by Gasteiger charge is -2.38. The van der Waals surface area contributed by atoms with Crippen molar-refractivity contribution >= 4 is 30.6 Å². The highest BCUT2D eigenvalue weighted by molar-refractivity contribution is 8.15. The molecule has 5 nitrogen and oxygen atoms in total. The number of thioether (sulfide) groups is 1. The second-order valence-corrected chi connectivity index (χ2v) is 11.7. The van der Waals surface area contributed by atoms with Crippen molar-refractivity contribution in [2.24, 2.45) is 0 Å². The van der Waals surface area contributed by atoms with Crippen LogP contribution in [-0.2, 0) is 6.42 Å². The Morgan fingerprint density at radius 3 is 2.74 bits per heavy atom. The van der Waals surface area contributed by atoms with Crippen molar-refractivity contribution in [2.75, 3.05) is 20.3 Å². The number of phenolic OH excluding ortho intramolecular Hbond substituents is 1. The standard InChI is InChI=1S/C27H35N2O3PS/c1-16-17(2)24-21(18(3)23(16)30)12-13-27(4,32-24)15-28-20-9-7-8-19(10-11-20)14-22-25(33-6)29(5)26(31)34-22/h8-11,22,28,30H,7,12-15H2,1-6H3. The largest absolute Gasteiger partial charge is 0.507 e. The summed E-state index contributed by atoms with van der Waals surface area (Å²) in [5, 5.41) is 14.4. The molecule has 182 valence electrons. The van der Waals surface area contributed by atoms with E-state index in [0.717, 1.165) is 67.6 Å². The fraction of sp³-hybridized carbons (Fsp3) is 0.481. The molecule has 1 aromatic rings. The van der Waals surface area contributed by atoms with Gasteiger partial charge in [-0.25, -0.2) is 0 Å². The number of aromatic hydroxyl groups is 1. The molecule has 2 heterocycles. The average molecular weight is 499 g/mol. The van der Waals surface area contributed by atoms with E-state index in [1.165, 1.54) is 22.8 Å². The third kappa shape index (κ3) is 4.81. The van der Waals surface area contributed by atoms with Gasteiger partial charge in [-0.05, 0) is 82.8 Å². The van der Waals surface area contributed by atoms with Gasteiger partial charge in [-0.1, -0.05) is 43.8 Å². The van der Waals surface area contributed by atoms with Crippen LogP contribution in [0.15, 0.2) is 35.6 Å². The van der Waals surface area contributed by atoms with Gasteiger partial charge >= 0.3 is 0 Å². The number of ether oxygens (including phenoxy) is 1. The third-order valence-corrected chi connectivity index (χ3v) is 9.65. The zero-order valence-corrected chi connectivity index (χ0v) is 22.7. The molecular formula is C27H35N2O3PS. The van der Waals surface area contributed by atoms with Crippen LogP contribution in [0.4, 0.5) is 4.79 Å². The Balaban J connectivity index is 1.39. The fourth-order valence-corrected chi connectivity index (χ4v) is 7.22. The van der Waals surface area contributed by atoms with Gasteiger partial charge in [0.05, 0.1) is 17.2 Å². The Labute approximate surface area is 209 Å². The normalized spacial score (nSPS) is 25.6. The molecule has 1 saturated heterocycles. The van der Waals surface area contributed by atoms with Gasteiger partial charge in [-0.15, -0.1) is 0 Å². The van der Waals surface area contributed by atoms with E-state index in [2.05, 4.69) is 43.2 Å². The lowest BCUT2D eigenvalue weighted by molar-refractivity contribution is 0.0660. The molecule has 0 radical (unpaired) electrons. The number of hydrogen-bond donors (Lipinski definition) is 2. The fourth-order valence-electron chi connectivity index (χ4n) is 4.86. The molecule has 1 aromatic carbocycles. The van der Waals surface area contributed by atoms with Crippen molar-refractivity contribution in [1.29, 1.82) is 0 Å². The topological polar surface area (TPSA) is 61.8 Å². The second kappa shape index (κ2) is 9.83. The molecule has 2 N–H and O–H groups in total. The lowest BCUT2D eigenvalue weighted by atomic mass is 9.87. The van der Waals surface area contributed by atoms with Gasteiger partial charge in [-0.3, -0.25) is 4.79 Å². The van der Waals surface area contributed by atoms with Crippen molar-refractivity contribution < 1.29 is 14.6 Å². The first-order chi connectivity index (χ1) is 16.1. The number of allylic oxidation sites excluding steroid dienone is 5. The number of nitrogens with zero attached hydrogens (tertiary/aromatic N) is 1.